The van der Waals surface area contributed by atoms with Gasteiger partial charge in [0.2, 0.25) is 17.2 Å². The minimum Gasteiger partial charge on any atom is -0.357 e. The van der Waals surface area contributed by atoms with Crippen LogP contribution in [-0.2, 0) is 0 Å². The van der Waals surface area contributed by atoms with Crippen molar-refractivity contribution in [2.45, 2.75) is 19.4 Å². The molecular formula is C8H12ClN5. The summed E-state index contributed by atoms with van der Waals surface area (Å²) in [5.74, 6) is 1.73. The lowest BCUT2D eigenvalue weighted by molar-refractivity contribution is 0.908. The van der Waals surface area contributed by atoms with Gasteiger partial charge in [-0.25, -0.2) is 0 Å². The summed E-state index contributed by atoms with van der Waals surface area (Å²) in [5.41, 5.74) is 0. The Morgan fingerprint density at radius 2 is 1.93 bits per heavy atom. The van der Waals surface area contributed by atoms with Gasteiger partial charge in [-0.15, -0.1) is 0 Å². The van der Waals surface area contributed by atoms with Crippen molar-refractivity contribution >= 4 is 23.5 Å². The van der Waals surface area contributed by atoms with Crippen LogP contribution in [-0.4, -0.2) is 28.0 Å². The lowest BCUT2D eigenvalue weighted by atomic mass is 10.5. The second-order valence-corrected chi connectivity index (χ2v) is 3.80. The van der Waals surface area contributed by atoms with Crippen molar-refractivity contribution in [2.75, 3.05) is 17.7 Å². The summed E-state index contributed by atoms with van der Waals surface area (Å²) in [6.45, 7) is 2.18. The molecule has 6 heteroatoms. The topological polar surface area (TPSA) is 62.7 Å². The van der Waals surface area contributed by atoms with Gasteiger partial charge in [0.1, 0.15) is 0 Å². The summed E-state index contributed by atoms with van der Waals surface area (Å²) in [5, 5.41) is 6.23. The van der Waals surface area contributed by atoms with Crippen LogP contribution in [0.15, 0.2) is 0 Å². The summed E-state index contributed by atoms with van der Waals surface area (Å²) in [6, 6.07) is 0.484. The molecule has 1 heterocycles. The molecule has 0 aliphatic heterocycles. The average Bonchev–Trinajstić information content (AvgIpc) is 2.80. The van der Waals surface area contributed by atoms with E-state index in [2.05, 4.69) is 32.5 Å². The molecule has 1 fully saturated rings. The van der Waals surface area contributed by atoms with Gasteiger partial charge in [0.15, 0.2) is 0 Å². The maximum Gasteiger partial charge on any atom is 0.229 e. The van der Waals surface area contributed by atoms with Gasteiger partial charge in [-0.1, -0.05) is 6.92 Å². The van der Waals surface area contributed by atoms with Gasteiger partial charge in [-0.05, 0) is 23.9 Å². The number of anilines is 2. The van der Waals surface area contributed by atoms with Crippen LogP contribution in [0, 0.1) is 5.92 Å². The molecule has 0 amide bonds. The highest BCUT2D eigenvalue weighted by molar-refractivity contribution is 6.28. The Hall–Kier alpha value is -1.10. The Labute approximate surface area is 87.3 Å². The lowest BCUT2D eigenvalue weighted by Gasteiger charge is -2.04. The molecule has 1 aromatic heterocycles. The van der Waals surface area contributed by atoms with Crippen LogP contribution in [0.3, 0.4) is 0 Å². The van der Waals surface area contributed by atoms with Gasteiger partial charge in [-0.3, -0.25) is 0 Å². The zero-order valence-electron chi connectivity index (χ0n) is 8.08. The zero-order valence-corrected chi connectivity index (χ0v) is 8.84. The third kappa shape index (κ3) is 2.04. The third-order valence-corrected chi connectivity index (χ3v) is 2.42. The van der Waals surface area contributed by atoms with Crippen molar-refractivity contribution in [1.29, 1.82) is 0 Å². The maximum absolute atomic E-state index is 5.73. The molecule has 1 aliphatic rings. The first-order valence-corrected chi connectivity index (χ1v) is 4.92. The lowest BCUT2D eigenvalue weighted by Crippen LogP contribution is -2.09. The van der Waals surface area contributed by atoms with E-state index >= 15 is 0 Å². The van der Waals surface area contributed by atoms with Gasteiger partial charge >= 0.3 is 0 Å². The fourth-order valence-electron chi connectivity index (χ4n) is 1.22. The average molecular weight is 214 g/mol. The summed E-state index contributed by atoms with van der Waals surface area (Å²) in [4.78, 5) is 12.0. The Kier molecular flexibility index (Phi) is 2.41. The van der Waals surface area contributed by atoms with E-state index in [-0.39, 0.29) is 5.28 Å². The summed E-state index contributed by atoms with van der Waals surface area (Å²) < 4.78 is 0. The highest BCUT2D eigenvalue weighted by Gasteiger charge is 2.33. The molecular weight excluding hydrogens is 202 g/mol. The van der Waals surface area contributed by atoms with Crippen molar-refractivity contribution in [3.05, 3.63) is 5.28 Å². The van der Waals surface area contributed by atoms with E-state index < -0.39 is 0 Å². The fraction of sp³-hybridized carbons (Fsp3) is 0.625. The van der Waals surface area contributed by atoms with Crippen molar-refractivity contribution in [2.24, 2.45) is 5.92 Å². The van der Waals surface area contributed by atoms with Crippen molar-refractivity contribution in [1.82, 2.24) is 15.0 Å². The summed E-state index contributed by atoms with van der Waals surface area (Å²) >= 11 is 5.73. The molecule has 0 spiro atoms. The fourth-order valence-corrected chi connectivity index (χ4v) is 1.38. The molecule has 1 aromatic rings. The number of nitrogens with one attached hydrogen (secondary N) is 2. The monoisotopic (exact) mass is 213 g/mol. The molecule has 2 atom stereocenters. The molecule has 76 valence electrons. The molecule has 1 aliphatic carbocycles. The normalized spacial score (nSPS) is 24.5. The number of hydrogen-bond donors (Lipinski definition) is 2. The van der Waals surface area contributed by atoms with Crippen LogP contribution < -0.4 is 10.6 Å². The van der Waals surface area contributed by atoms with E-state index in [4.69, 9.17) is 11.6 Å². The Bertz CT molecular complexity index is 343. The molecule has 2 unspecified atom stereocenters. The standard InChI is InChI=1S/C8H12ClN5/c1-4-3-5(4)11-8-13-6(9)12-7(10-2)14-8/h4-5H,3H2,1-2H3,(H2,10,11,12,13,14). The minimum absolute atomic E-state index is 0.208. The van der Waals surface area contributed by atoms with Crippen LogP contribution in [0.2, 0.25) is 5.28 Å². The first-order valence-electron chi connectivity index (χ1n) is 4.55. The predicted molar refractivity (Wildman–Crippen MR) is 55.6 cm³/mol. The number of aromatic nitrogens is 3. The predicted octanol–water partition coefficient (Wildman–Crippen LogP) is 1.39. The highest BCUT2D eigenvalue weighted by Crippen LogP contribution is 2.31. The van der Waals surface area contributed by atoms with E-state index in [0.29, 0.717) is 23.9 Å². The van der Waals surface area contributed by atoms with Crippen molar-refractivity contribution < 1.29 is 0 Å². The van der Waals surface area contributed by atoms with Crippen LogP contribution in [0.5, 0.6) is 0 Å². The number of hydrogen-bond acceptors (Lipinski definition) is 5. The van der Waals surface area contributed by atoms with Crippen molar-refractivity contribution in [3.8, 4) is 0 Å². The van der Waals surface area contributed by atoms with Gasteiger partial charge in [-0.2, -0.15) is 15.0 Å². The molecule has 0 radical (unpaired) electrons. The smallest absolute Gasteiger partial charge is 0.229 e. The highest BCUT2D eigenvalue weighted by atomic mass is 35.5. The van der Waals surface area contributed by atoms with E-state index in [1.807, 2.05) is 0 Å². The van der Waals surface area contributed by atoms with Crippen LogP contribution in [0.25, 0.3) is 0 Å². The first kappa shape index (κ1) is 9.45. The Balaban J connectivity index is 2.12. The third-order valence-electron chi connectivity index (χ3n) is 2.26. The van der Waals surface area contributed by atoms with Crippen LogP contribution >= 0.6 is 11.6 Å². The number of halogens is 1. The van der Waals surface area contributed by atoms with E-state index in [9.17, 15) is 0 Å². The Morgan fingerprint density at radius 1 is 1.29 bits per heavy atom. The number of rotatable bonds is 3. The summed E-state index contributed by atoms with van der Waals surface area (Å²) in [6.07, 6.45) is 1.16. The minimum atomic E-state index is 0.208. The van der Waals surface area contributed by atoms with Crippen LogP contribution in [0.1, 0.15) is 13.3 Å². The summed E-state index contributed by atoms with van der Waals surface area (Å²) in [7, 11) is 1.75. The molecule has 0 bridgehead atoms. The van der Waals surface area contributed by atoms with Crippen LogP contribution in [0.4, 0.5) is 11.9 Å². The zero-order chi connectivity index (χ0) is 10.1. The molecule has 2 rings (SSSR count). The molecule has 0 aromatic carbocycles. The second-order valence-electron chi connectivity index (χ2n) is 3.47. The molecule has 5 nitrogen and oxygen atoms in total. The molecule has 2 N–H and O–H groups in total. The number of nitrogens with zero attached hydrogens (tertiary/aromatic N) is 3. The van der Waals surface area contributed by atoms with E-state index in [1.54, 1.807) is 7.05 Å². The van der Waals surface area contributed by atoms with Gasteiger partial charge in [0.05, 0.1) is 0 Å². The first-order chi connectivity index (χ1) is 6.69. The second kappa shape index (κ2) is 3.57. The van der Waals surface area contributed by atoms with Crippen molar-refractivity contribution in [3.63, 3.8) is 0 Å². The largest absolute Gasteiger partial charge is 0.357 e. The van der Waals surface area contributed by atoms with Gasteiger partial charge < -0.3 is 10.6 Å². The maximum atomic E-state index is 5.73. The Morgan fingerprint density at radius 3 is 2.50 bits per heavy atom. The van der Waals surface area contributed by atoms with E-state index in [0.717, 1.165) is 6.42 Å². The van der Waals surface area contributed by atoms with E-state index in [1.165, 1.54) is 0 Å². The SMILES string of the molecule is CNc1nc(Cl)nc(NC2CC2C)n1. The van der Waals surface area contributed by atoms with Gasteiger partial charge in [0.25, 0.3) is 0 Å². The molecule has 0 saturated heterocycles. The van der Waals surface area contributed by atoms with Gasteiger partial charge in [0, 0.05) is 13.1 Å². The quantitative estimate of drug-likeness (QED) is 0.795. The molecule has 14 heavy (non-hydrogen) atoms. The molecule has 1 saturated carbocycles.